The van der Waals surface area contributed by atoms with Crippen molar-refractivity contribution >= 4 is 0 Å². The van der Waals surface area contributed by atoms with Crippen LogP contribution in [0, 0.1) is 0 Å². The van der Waals surface area contributed by atoms with E-state index in [0.29, 0.717) is 6.54 Å². The maximum atomic E-state index is 9.99. The van der Waals surface area contributed by atoms with Gasteiger partial charge in [-0.2, -0.15) is 0 Å². The summed E-state index contributed by atoms with van der Waals surface area (Å²) >= 11 is 0. The Hall–Kier alpha value is -1.22. The van der Waals surface area contributed by atoms with Gasteiger partial charge in [-0.15, -0.1) is 0 Å². The van der Waals surface area contributed by atoms with Gasteiger partial charge in [0, 0.05) is 6.54 Å². The minimum absolute atomic E-state index is 0.378. The van der Waals surface area contributed by atoms with Crippen LogP contribution in [0.25, 0.3) is 0 Å². The maximum Gasteiger partial charge on any atom is 0.173 e. The van der Waals surface area contributed by atoms with Crippen LogP contribution in [0.4, 0.5) is 0 Å². The predicted molar refractivity (Wildman–Crippen MR) is 73.6 cm³/mol. The summed E-state index contributed by atoms with van der Waals surface area (Å²) in [4.78, 5) is 0. The van der Waals surface area contributed by atoms with Crippen LogP contribution in [0.15, 0.2) is 24.3 Å². The minimum atomic E-state index is -1.31. The van der Waals surface area contributed by atoms with Crippen LogP contribution >= 0.6 is 0 Å². The van der Waals surface area contributed by atoms with E-state index in [2.05, 4.69) is 5.32 Å². The second-order valence-electron chi connectivity index (χ2n) is 4.98. The van der Waals surface area contributed by atoms with Crippen LogP contribution in [0.3, 0.4) is 0 Å². The first-order chi connectivity index (χ1) is 10.1. The van der Waals surface area contributed by atoms with Gasteiger partial charge in [0.1, 0.15) is 24.1 Å². The average Bonchev–Trinajstić information content (AvgIpc) is 2.51. The first kappa shape index (κ1) is 16.2. The van der Waals surface area contributed by atoms with Crippen molar-refractivity contribution in [2.45, 2.75) is 37.2 Å². The lowest BCUT2D eigenvalue weighted by Gasteiger charge is -2.40. The molecule has 1 aliphatic rings. The summed E-state index contributed by atoms with van der Waals surface area (Å²) < 4.78 is 10.1. The van der Waals surface area contributed by atoms with Gasteiger partial charge in [0.05, 0.1) is 19.8 Å². The van der Waals surface area contributed by atoms with Crippen LogP contribution < -0.4 is 10.1 Å². The Labute approximate surface area is 122 Å². The lowest BCUT2D eigenvalue weighted by molar-refractivity contribution is -0.254. The summed E-state index contributed by atoms with van der Waals surface area (Å²) in [6.07, 6.45) is -4.79. The second kappa shape index (κ2) is 7.17. The van der Waals surface area contributed by atoms with E-state index in [4.69, 9.17) is 14.6 Å². The van der Waals surface area contributed by atoms with E-state index < -0.39 is 37.3 Å². The monoisotopic (exact) mass is 299 g/mol. The molecule has 0 saturated carbocycles. The van der Waals surface area contributed by atoms with Gasteiger partial charge in [-0.25, -0.2) is 0 Å². The van der Waals surface area contributed by atoms with E-state index in [1.165, 1.54) is 0 Å². The summed E-state index contributed by atoms with van der Waals surface area (Å²) in [5.74, 6) is 0.737. The molecule has 118 valence electrons. The van der Waals surface area contributed by atoms with Crippen LogP contribution in [0.2, 0.25) is 0 Å². The molecular formula is C14H21NO6. The normalized spacial score (nSPS) is 32.9. The first-order valence-corrected chi connectivity index (χ1v) is 6.73. The fourth-order valence-electron chi connectivity index (χ4n) is 2.30. The Kier molecular flexibility index (Phi) is 5.51. The van der Waals surface area contributed by atoms with Gasteiger partial charge in [0.15, 0.2) is 6.29 Å². The molecule has 0 amide bonds. The lowest BCUT2D eigenvalue weighted by atomic mass is 9.97. The van der Waals surface area contributed by atoms with Crippen LogP contribution in [-0.4, -0.2) is 64.8 Å². The summed E-state index contributed by atoms with van der Waals surface area (Å²) in [5, 5.41) is 41.5. The van der Waals surface area contributed by atoms with Gasteiger partial charge in [-0.3, -0.25) is 0 Å². The number of aliphatic hydroxyl groups is 4. The highest BCUT2D eigenvalue weighted by Gasteiger charge is 2.43. The Morgan fingerprint density at radius 3 is 2.38 bits per heavy atom. The van der Waals surface area contributed by atoms with E-state index in [-0.39, 0.29) is 0 Å². The number of hydrogen-bond donors (Lipinski definition) is 5. The number of rotatable bonds is 5. The van der Waals surface area contributed by atoms with Gasteiger partial charge < -0.3 is 35.2 Å². The fourth-order valence-corrected chi connectivity index (χ4v) is 2.30. The molecule has 7 heteroatoms. The van der Waals surface area contributed by atoms with Crippen molar-refractivity contribution in [3.05, 3.63) is 29.8 Å². The Morgan fingerprint density at radius 1 is 1.14 bits per heavy atom. The molecule has 1 heterocycles. The smallest absolute Gasteiger partial charge is 0.173 e. The molecule has 1 aliphatic heterocycles. The standard InChI is InChI=1S/C14H21NO6/c1-20-9-4-2-8(3-5-9)6-15-11-13(18)12(17)10(7-16)21-14(11)19/h2-5,10-19H,6-7H2,1H3/t10-,11-,12-,13-,14?/m1/s1. The minimum Gasteiger partial charge on any atom is -0.497 e. The number of hydrogen-bond acceptors (Lipinski definition) is 7. The first-order valence-electron chi connectivity index (χ1n) is 6.73. The molecule has 0 aliphatic carbocycles. The molecule has 5 atom stereocenters. The third-order valence-electron chi connectivity index (χ3n) is 3.60. The van der Waals surface area contributed by atoms with Crippen LogP contribution in [-0.2, 0) is 11.3 Å². The van der Waals surface area contributed by atoms with Crippen LogP contribution in [0.5, 0.6) is 5.75 Å². The molecule has 1 fully saturated rings. The Morgan fingerprint density at radius 2 is 1.81 bits per heavy atom. The van der Waals surface area contributed by atoms with E-state index in [1.54, 1.807) is 19.2 Å². The van der Waals surface area contributed by atoms with E-state index in [1.807, 2.05) is 12.1 Å². The summed E-state index contributed by atoms with van der Waals surface area (Å²) in [7, 11) is 1.58. The maximum absolute atomic E-state index is 9.99. The average molecular weight is 299 g/mol. The van der Waals surface area contributed by atoms with Crippen molar-refractivity contribution in [3.8, 4) is 5.75 Å². The van der Waals surface area contributed by atoms with E-state index in [9.17, 15) is 15.3 Å². The molecule has 1 aromatic rings. The van der Waals surface area contributed by atoms with Crippen molar-refractivity contribution < 1.29 is 29.9 Å². The number of methoxy groups -OCH3 is 1. The van der Waals surface area contributed by atoms with Gasteiger partial charge in [0.2, 0.25) is 0 Å². The number of aliphatic hydroxyl groups excluding tert-OH is 4. The van der Waals surface area contributed by atoms with Crippen molar-refractivity contribution in [1.29, 1.82) is 0 Å². The van der Waals surface area contributed by atoms with Crippen molar-refractivity contribution in [2.24, 2.45) is 0 Å². The molecule has 0 spiro atoms. The molecule has 1 saturated heterocycles. The molecule has 21 heavy (non-hydrogen) atoms. The van der Waals surface area contributed by atoms with Gasteiger partial charge in [-0.1, -0.05) is 12.1 Å². The number of ether oxygens (including phenoxy) is 2. The quantitative estimate of drug-likeness (QED) is 0.454. The summed E-state index contributed by atoms with van der Waals surface area (Å²) in [6.45, 7) is -0.0941. The second-order valence-corrected chi connectivity index (χ2v) is 4.98. The summed E-state index contributed by atoms with van der Waals surface area (Å²) in [5.41, 5.74) is 0.925. The van der Waals surface area contributed by atoms with E-state index >= 15 is 0 Å². The third kappa shape index (κ3) is 3.70. The molecule has 0 bridgehead atoms. The molecule has 0 radical (unpaired) electrons. The molecule has 5 N–H and O–H groups in total. The van der Waals surface area contributed by atoms with Gasteiger partial charge in [-0.05, 0) is 17.7 Å². The third-order valence-corrected chi connectivity index (χ3v) is 3.60. The predicted octanol–water partition coefficient (Wildman–Crippen LogP) is -1.42. The highest BCUT2D eigenvalue weighted by atomic mass is 16.6. The van der Waals surface area contributed by atoms with E-state index in [0.717, 1.165) is 11.3 Å². The summed E-state index contributed by atoms with van der Waals surface area (Å²) in [6, 6.07) is 6.46. The van der Waals surface area contributed by atoms with Crippen molar-refractivity contribution in [2.75, 3.05) is 13.7 Å². The highest BCUT2D eigenvalue weighted by Crippen LogP contribution is 2.20. The number of benzene rings is 1. The molecule has 2 rings (SSSR count). The highest BCUT2D eigenvalue weighted by molar-refractivity contribution is 5.27. The van der Waals surface area contributed by atoms with Crippen molar-refractivity contribution in [1.82, 2.24) is 5.32 Å². The molecular weight excluding hydrogens is 278 g/mol. The molecule has 1 unspecified atom stereocenters. The van der Waals surface area contributed by atoms with Crippen molar-refractivity contribution in [3.63, 3.8) is 0 Å². The van der Waals surface area contributed by atoms with Crippen LogP contribution in [0.1, 0.15) is 5.56 Å². The zero-order chi connectivity index (χ0) is 15.4. The van der Waals surface area contributed by atoms with Gasteiger partial charge in [0.25, 0.3) is 0 Å². The number of nitrogens with one attached hydrogen (secondary N) is 1. The Balaban J connectivity index is 1.95. The fraction of sp³-hybridized carbons (Fsp3) is 0.571. The SMILES string of the molecule is COc1ccc(CN[C@H]2C(O)O[C@H](CO)[C@@H](O)[C@@H]2O)cc1. The topological polar surface area (TPSA) is 111 Å². The largest absolute Gasteiger partial charge is 0.497 e. The zero-order valence-electron chi connectivity index (χ0n) is 11.7. The molecule has 0 aromatic heterocycles. The molecule has 7 nitrogen and oxygen atoms in total. The Bertz CT molecular complexity index is 440. The lowest BCUT2D eigenvalue weighted by Crippen LogP contribution is -2.63. The van der Waals surface area contributed by atoms with Gasteiger partial charge >= 0.3 is 0 Å². The zero-order valence-corrected chi connectivity index (χ0v) is 11.7. The molecule has 1 aromatic carbocycles.